The maximum Gasteiger partial charge on any atom is 0.317 e. The second-order valence-corrected chi connectivity index (χ2v) is 7.01. The number of amides is 2. The minimum absolute atomic E-state index is 0.00934. The quantitative estimate of drug-likeness (QED) is 0.816. The number of hydrogen-bond acceptors (Lipinski definition) is 3. The summed E-state index contributed by atoms with van der Waals surface area (Å²) in [5.41, 5.74) is 1.07. The van der Waals surface area contributed by atoms with Gasteiger partial charge in [-0.05, 0) is 36.8 Å². The number of hydrogen-bond donors (Lipinski definition) is 1. The molecule has 1 aromatic heterocycles. The molecule has 1 aromatic carbocycles. The number of benzene rings is 1. The van der Waals surface area contributed by atoms with Crippen LogP contribution in [0.25, 0.3) is 0 Å². The molecule has 0 saturated heterocycles. The highest BCUT2D eigenvalue weighted by molar-refractivity contribution is 8.00. The van der Waals surface area contributed by atoms with Crippen molar-refractivity contribution in [2.75, 3.05) is 13.6 Å². The smallest absolute Gasteiger partial charge is 0.317 e. The molecule has 1 N–H and O–H groups in total. The third kappa shape index (κ3) is 5.28. The van der Waals surface area contributed by atoms with Crippen LogP contribution in [-0.2, 0) is 0 Å². The molecule has 0 spiro atoms. The van der Waals surface area contributed by atoms with Crippen molar-refractivity contribution in [2.45, 2.75) is 30.0 Å². The van der Waals surface area contributed by atoms with Crippen molar-refractivity contribution in [3.05, 3.63) is 60.4 Å². The Morgan fingerprint density at radius 2 is 1.83 bits per heavy atom. The van der Waals surface area contributed by atoms with E-state index in [1.807, 2.05) is 44.3 Å². The molecule has 2 aromatic rings. The molecule has 0 bridgehead atoms. The van der Waals surface area contributed by atoms with Crippen LogP contribution in [0.2, 0.25) is 0 Å². The summed E-state index contributed by atoms with van der Waals surface area (Å²) >= 11 is 1.76. The zero-order valence-electron chi connectivity index (χ0n) is 13.8. The van der Waals surface area contributed by atoms with Gasteiger partial charge in [0.1, 0.15) is 0 Å². The van der Waals surface area contributed by atoms with Gasteiger partial charge >= 0.3 is 6.03 Å². The van der Waals surface area contributed by atoms with E-state index in [1.54, 1.807) is 29.1 Å². The number of carbonyl (C=O) groups is 1. The topological polar surface area (TPSA) is 45.2 Å². The van der Waals surface area contributed by atoms with Crippen molar-refractivity contribution in [3.8, 4) is 0 Å². The Bertz CT molecular complexity index is 606. The predicted octanol–water partition coefficient (Wildman–Crippen LogP) is 3.96. The Morgan fingerprint density at radius 1 is 1.17 bits per heavy atom. The third-order valence-corrected chi connectivity index (χ3v) is 4.82. The molecule has 0 radical (unpaired) electrons. The molecular formula is C18H23N3OS. The molecular weight excluding hydrogens is 306 g/mol. The van der Waals surface area contributed by atoms with Crippen molar-refractivity contribution < 1.29 is 4.79 Å². The van der Waals surface area contributed by atoms with E-state index in [4.69, 9.17) is 0 Å². The number of rotatable bonds is 6. The normalized spacial score (nSPS) is 13.2. The summed E-state index contributed by atoms with van der Waals surface area (Å²) in [6.45, 7) is 4.76. The summed E-state index contributed by atoms with van der Waals surface area (Å²) in [7, 11) is 1.81. The first-order chi connectivity index (χ1) is 11.1. The van der Waals surface area contributed by atoms with Crippen LogP contribution >= 0.6 is 11.8 Å². The number of aromatic nitrogens is 1. The lowest BCUT2D eigenvalue weighted by Gasteiger charge is -2.26. The highest BCUT2D eigenvalue weighted by Crippen LogP contribution is 2.22. The predicted molar refractivity (Wildman–Crippen MR) is 95.6 cm³/mol. The van der Waals surface area contributed by atoms with Gasteiger partial charge in [-0.25, -0.2) is 4.79 Å². The van der Waals surface area contributed by atoms with Crippen LogP contribution in [0.1, 0.15) is 25.5 Å². The van der Waals surface area contributed by atoms with E-state index in [0.29, 0.717) is 11.8 Å². The van der Waals surface area contributed by atoms with E-state index in [-0.39, 0.29) is 12.1 Å². The number of nitrogens with zero attached hydrogens (tertiary/aromatic N) is 2. The molecule has 2 amide bonds. The summed E-state index contributed by atoms with van der Waals surface area (Å²) in [6.07, 6.45) is 3.49. The average molecular weight is 329 g/mol. The van der Waals surface area contributed by atoms with E-state index >= 15 is 0 Å². The zero-order chi connectivity index (χ0) is 16.7. The van der Waals surface area contributed by atoms with Crippen molar-refractivity contribution >= 4 is 17.8 Å². The van der Waals surface area contributed by atoms with Crippen LogP contribution in [0.5, 0.6) is 0 Å². The number of pyridine rings is 1. The number of thioether (sulfide) groups is 1. The molecule has 4 nitrogen and oxygen atoms in total. The van der Waals surface area contributed by atoms with Crippen LogP contribution in [0.15, 0.2) is 59.8 Å². The van der Waals surface area contributed by atoms with Crippen LogP contribution < -0.4 is 5.32 Å². The molecule has 1 heterocycles. The molecule has 0 aliphatic heterocycles. The van der Waals surface area contributed by atoms with Gasteiger partial charge in [0, 0.05) is 36.1 Å². The molecule has 0 unspecified atom stereocenters. The summed E-state index contributed by atoms with van der Waals surface area (Å²) < 4.78 is 0. The van der Waals surface area contributed by atoms with Gasteiger partial charge in [0.25, 0.3) is 0 Å². The fourth-order valence-corrected chi connectivity index (χ4v) is 3.12. The second-order valence-electron chi connectivity index (χ2n) is 5.49. The molecule has 0 aliphatic carbocycles. The first-order valence-corrected chi connectivity index (χ1v) is 8.58. The Hall–Kier alpha value is -2.01. The van der Waals surface area contributed by atoms with E-state index in [2.05, 4.69) is 29.4 Å². The molecule has 23 heavy (non-hydrogen) atoms. The van der Waals surface area contributed by atoms with E-state index < -0.39 is 0 Å². The summed E-state index contributed by atoms with van der Waals surface area (Å²) in [4.78, 5) is 19.2. The molecule has 2 atom stereocenters. The standard InChI is InChI=1S/C18H23N3OS/c1-14(23-17-7-5-4-6-8-17)13-20-18(22)21(3)15(2)16-9-11-19-12-10-16/h4-12,14-15H,13H2,1-3H3,(H,20,22)/t14-,15+/m0/s1. The molecule has 122 valence electrons. The van der Waals surface area contributed by atoms with Gasteiger partial charge in [0.2, 0.25) is 0 Å². The fourth-order valence-electron chi connectivity index (χ4n) is 2.17. The van der Waals surface area contributed by atoms with Crippen molar-refractivity contribution in [2.24, 2.45) is 0 Å². The highest BCUT2D eigenvalue weighted by Gasteiger charge is 2.17. The van der Waals surface area contributed by atoms with Gasteiger partial charge in [-0.15, -0.1) is 11.8 Å². The molecule has 2 rings (SSSR count). The fraction of sp³-hybridized carbons (Fsp3) is 0.333. The minimum Gasteiger partial charge on any atom is -0.337 e. The Balaban J connectivity index is 1.82. The van der Waals surface area contributed by atoms with Crippen LogP contribution in [0.3, 0.4) is 0 Å². The second kappa shape index (κ2) is 8.58. The molecule has 0 saturated carbocycles. The van der Waals surface area contributed by atoms with Crippen molar-refractivity contribution in [1.29, 1.82) is 0 Å². The zero-order valence-corrected chi connectivity index (χ0v) is 14.6. The third-order valence-electron chi connectivity index (χ3n) is 3.71. The first kappa shape index (κ1) is 17.3. The van der Waals surface area contributed by atoms with Gasteiger partial charge in [-0.1, -0.05) is 25.1 Å². The van der Waals surface area contributed by atoms with Crippen LogP contribution in [-0.4, -0.2) is 34.8 Å². The van der Waals surface area contributed by atoms with Gasteiger partial charge < -0.3 is 10.2 Å². The lowest BCUT2D eigenvalue weighted by atomic mass is 10.1. The lowest BCUT2D eigenvalue weighted by molar-refractivity contribution is 0.194. The molecule has 0 fully saturated rings. The number of nitrogens with one attached hydrogen (secondary N) is 1. The van der Waals surface area contributed by atoms with Crippen molar-refractivity contribution in [3.63, 3.8) is 0 Å². The Kier molecular flexibility index (Phi) is 6.47. The maximum absolute atomic E-state index is 12.3. The summed E-state index contributed by atoms with van der Waals surface area (Å²) in [5.74, 6) is 0. The van der Waals surface area contributed by atoms with Gasteiger partial charge in [-0.3, -0.25) is 4.98 Å². The summed E-state index contributed by atoms with van der Waals surface area (Å²) in [5, 5.41) is 3.31. The minimum atomic E-state index is -0.0603. The van der Waals surface area contributed by atoms with E-state index in [1.165, 1.54) is 4.90 Å². The van der Waals surface area contributed by atoms with Gasteiger partial charge in [0.05, 0.1) is 6.04 Å². The number of urea groups is 1. The molecule has 0 aliphatic rings. The van der Waals surface area contributed by atoms with Gasteiger partial charge in [-0.2, -0.15) is 0 Å². The highest BCUT2D eigenvalue weighted by atomic mass is 32.2. The first-order valence-electron chi connectivity index (χ1n) is 7.70. The van der Waals surface area contributed by atoms with E-state index in [9.17, 15) is 4.79 Å². The van der Waals surface area contributed by atoms with Crippen LogP contribution in [0, 0.1) is 0 Å². The van der Waals surface area contributed by atoms with Crippen molar-refractivity contribution in [1.82, 2.24) is 15.2 Å². The SMILES string of the molecule is C[C@H](c1ccncc1)N(C)C(=O)NC[C@H](C)Sc1ccccc1. The van der Waals surface area contributed by atoms with Gasteiger partial charge in [0.15, 0.2) is 0 Å². The largest absolute Gasteiger partial charge is 0.337 e. The average Bonchev–Trinajstić information content (AvgIpc) is 2.60. The van der Waals surface area contributed by atoms with E-state index in [0.717, 1.165) is 5.56 Å². The monoisotopic (exact) mass is 329 g/mol. The summed E-state index contributed by atoms with van der Waals surface area (Å²) in [6, 6.07) is 14.0. The maximum atomic E-state index is 12.3. The lowest BCUT2D eigenvalue weighted by Crippen LogP contribution is -2.41. The number of carbonyl (C=O) groups excluding carboxylic acids is 1. The van der Waals surface area contributed by atoms with Crippen LogP contribution in [0.4, 0.5) is 4.79 Å². The molecule has 5 heteroatoms. The Labute approximate surface area is 142 Å². The Morgan fingerprint density at radius 3 is 2.48 bits per heavy atom.